The number of aryl methyl sites for hydroxylation is 1. The Bertz CT molecular complexity index is 603. The van der Waals surface area contributed by atoms with Crippen molar-refractivity contribution in [3.05, 3.63) is 56.8 Å². The molecule has 0 saturated carbocycles. The summed E-state index contributed by atoms with van der Waals surface area (Å²) in [4.78, 5) is 16.0. The van der Waals surface area contributed by atoms with Crippen LogP contribution < -0.4 is 5.32 Å². The fourth-order valence-electron chi connectivity index (χ4n) is 1.60. The number of hydrogen-bond donors (Lipinski definition) is 1. The van der Waals surface area contributed by atoms with E-state index in [0.29, 0.717) is 21.8 Å². The highest BCUT2D eigenvalue weighted by molar-refractivity contribution is 6.35. The summed E-state index contributed by atoms with van der Waals surface area (Å²) in [5.41, 5.74) is 1.59. The quantitative estimate of drug-likeness (QED) is 0.823. The molecule has 98 valence electrons. The number of carbonyl (C=O) groups is 1. The maximum Gasteiger partial charge on any atom is 0.259 e. The highest BCUT2D eigenvalue weighted by Crippen LogP contribution is 2.23. The van der Waals surface area contributed by atoms with Crippen molar-refractivity contribution in [3.8, 4) is 0 Å². The summed E-state index contributed by atoms with van der Waals surface area (Å²) in [5.74, 6) is -0.339. The third-order valence-electron chi connectivity index (χ3n) is 2.47. The lowest BCUT2D eigenvalue weighted by molar-refractivity contribution is 0.102. The molecule has 6 heteroatoms. The van der Waals surface area contributed by atoms with Crippen LogP contribution in [0.3, 0.4) is 0 Å². The second-order valence-electron chi connectivity index (χ2n) is 3.89. The fraction of sp³-hybridized carbons (Fsp3) is 0.0769. The van der Waals surface area contributed by atoms with Crippen LogP contribution >= 0.6 is 34.8 Å². The molecule has 0 aliphatic rings. The van der Waals surface area contributed by atoms with Crippen LogP contribution in [0.5, 0.6) is 0 Å². The molecular weight excluding hydrogens is 307 g/mol. The molecule has 0 spiro atoms. The molecule has 0 atom stereocenters. The molecule has 1 aromatic heterocycles. The lowest BCUT2D eigenvalue weighted by Crippen LogP contribution is -2.14. The number of pyridine rings is 1. The first-order valence-corrected chi connectivity index (χ1v) is 6.50. The maximum atomic E-state index is 12.1. The van der Waals surface area contributed by atoms with Gasteiger partial charge in [0.2, 0.25) is 0 Å². The molecular formula is C13H9Cl3N2O. The smallest absolute Gasteiger partial charge is 0.259 e. The van der Waals surface area contributed by atoms with Crippen molar-refractivity contribution in [2.24, 2.45) is 0 Å². The molecule has 19 heavy (non-hydrogen) atoms. The second kappa shape index (κ2) is 5.78. The van der Waals surface area contributed by atoms with E-state index in [-0.39, 0.29) is 16.2 Å². The van der Waals surface area contributed by atoms with E-state index in [2.05, 4.69) is 10.3 Å². The molecule has 0 radical (unpaired) electrons. The number of aromatic nitrogens is 1. The largest absolute Gasteiger partial charge is 0.322 e. The zero-order chi connectivity index (χ0) is 14.0. The summed E-state index contributed by atoms with van der Waals surface area (Å²) < 4.78 is 0. The van der Waals surface area contributed by atoms with Gasteiger partial charge in [-0.15, -0.1) is 0 Å². The molecule has 0 aliphatic carbocycles. The predicted octanol–water partition coefficient (Wildman–Crippen LogP) is 4.60. The van der Waals surface area contributed by atoms with Crippen molar-refractivity contribution in [2.45, 2.75) is 6.92 Å². The Morgan fingerprint density at radius 1 is 1.16 bits per heavy atom. The molecule has 1 heterocycles. The molecule has 1 N–H and O–H groups in total. The topological polar surface area (TPSA) is 42.0 Å². The summed E-state index contributed by atoms with van der Waals surface area (Å²) in [6.07, 6.45) is 0. The van der Waals surface area contributed by atoms with Gasteiger partial charge in [0.05, 0.1) is 5.56 Å². The minimum Gasteiger partial charge on any atom is -0.322 e. The first-order valence-electron chi connectivity index (χ1n) is 5.37. The van der Waals surface area contributed by atoms with Gasteiger partial charge in [0.15, 0.2) is 0 Å². The Morgan fingerprint density at radius 2 is 1.79 bits per heavy atom. The average Bonchev–Trinajstić information content (AvgIpc) is 2.30. The van der Waals surface area contributed by atoms with Crippen LogP contribution in [-0.4, -0.2) is 10.9 Å². The standard InChI is InChI=1S/C13H9Cl3N2O/c1-7-6-10(15)18-12(16)11(7)13(19)17-9-4-2-8(14)3-5-9/h2-6H,1H3,(H,17,19). The van der Waals surface area contributed by atoms with Crippen LogP contribution in [0.2, 0.25) is 15.3 Å². The van der Waals surface area contributed by atoms with E-state index in [4.69, 9.17) is 34.8 Å². The van der Waals surface area contributed by atoms with Crippen LogP contribution in [0.25, 0.3) is 0 Å². The molecule has 3 nitrogen and oxygen atoms in total. The van der Waals surface area contributed by atoms with Gasteiger partial charge in [-0.05, 0) is 42.8 Å². The Kier molecular flexibility index (Phi) is 4.30. The van der Waals surface area contributed by atoms with Gasteiger partial charge < -0.3 is 5.32 Å². The van der Waals surface area contributed by atoms with E-state index >= 15 is 0 Å². The van der Waals surface area contributed by atoms with Gasteiger partial charge in [0.1, 0.15) is 10.3 Å². The van der Waals surface area contributed by atoms with Crippen LogP contribution in [0.15, 0.2) is 30.3 Å². The highest BCUT2D eigenvalue weighted by atomic mass is 35.5. The van der Waals surface area contributed by atoms with Crippen LogP contribution in [0.1, 0.15) is 15.9 Å². The van der Waals surface area contributed by atoms with Gasteiger partial charge >= 0.3 is 0 Å². The number of amides is 1. The molecule has 1 amide bonds. The fourth-order valence-corrected chi connectivity index (χ4v) is 2.34. The Hall–Kier alpha value is -1.29. The van der Waals surface area contributed by atoms with Gasteiger partial charge in [-0.2, -0.15) is 0 Å². The van der Waals surface area contributed by atoms with Crippen molar-refractivity contribution in [3.63, 3.8) is 0 Å². The molecule has 0 saturated heterocycles. The van der Waals surface area contributed by atoms with Gasteiger partial charge in [0, 0.05) is 10.7 Å². The van der Waals surface area contributed by atoms with Crippen LogP contribution in [-0.2, 0) is 0 Å². The van der Waals surface area contributed by atoms with Crippen LogP contribution in [0, 0.1) is 6.92 Å². The monoisotopic (exact) mass is 314 g/mol. The molecule has 2 aromatic rings. The number of halogens is 3. The van der Waals surface area contributed by atoms with Gasteiger partial charge in [-0.25, -0.2) is 4.98 Å². The van der Waals surface area contributed by atoms with E-state index in [9.17, 15) is 4.79 Å². The van der Waals surface area contributed by atoms with Gasteiger partial charge in [0.25, 0.3) is 5.91 Å². The van der Waals surface area contributed by atoms with Crippen molar-refractivity contribution >= 4 is 46.4 Å². The minimum atomic E-state index is -0.339. The van der Waals surface area contributed by atoms with E-state index < -0.39 is 0 Å². The van der Waals surface area contributed by atoms with Crippen molar-refractivity contribution in [1.82, 2.24) is 4.98 Å². The Morgan fingerprint density at radius 3 is 2.37 bits per heavy atom. The third kappa shape index (κ3) is 3.38. The lowest BCUT2D eigenvalue weighted by atomic mass is 10.1. The van der Waals surface area contributed by atoms with E-state index in [1.807, 2.05) is 0 Å². The Labute approximate surface area is 125 Å². The zero-order valence-corrected chi connectivity index (χ0v) is 12.1. The molecule has 0 aliphatic heterocycles. The summed E-state index contributed by atoms with van der Waals surface area (Å²) in [6.45, 7) is 1.75. The average molecular weight is 316 g/mol. The first kappa shape index (κ1) is 14.1. The second-order valence-corrected chi connectivity index (χ2v) is 5.07. The molecule has 1 aromatic carbocycles. The van der Waals surface area contributed by atoms with Crippen molar-refractivity contribution in [1.29, 1.82) is 0 Å². The van der Waals surface area contributed by atoms with Crippen molar-refractivity contribution < 1.29 is 4.79 Å². The normalized spacial score (nSPS) is 10.3. The number of anilines is 1. The number of carbonyl (C=O) groups excluding carboxylic acids is 1. The number of nitrogens with one attached hydrogen (secondary N) is 1. The van der Waals surface area contributed by atoms with Crippen LogP contribution in [0.4, 0.5) is 5.69 Å². The number of rotatable bonds is 2. The first-order chi connectivity index (χ1) is 8.97. The van der Waals surface area contributed by atoms with E-state index in [1.165, 1.54) is 0 Å². The third-order valence-corrected chi connectivity index (χ3v) is 3.19. The number of benzene rings is 1. The lowest BCUT2D eigenvalue weighted by Gasteiger charge is -2.09. The summed E-state index contributed by atoms with van der Waals surface area (Å²) in [7, 11) is 0. The summed E-state index contributed by atoms with van der Waals surface area (Å²) >= 11 is 17.5. The van der Waals surface area contributed by atoms with Crippen molar-refractivity contribution in [2.75, 3.05) is 5.32 Å². The number of nitrogens with zero attached hydrogens (tertiary/aromatic N) is 1. The van der Waals surface area contributed by atoms with E-state index in [0.717, 1.165) is 0 Å². The SMILES string of the molecule is Cc1cc(Cl)nc(Cl)c1C(=O)Nc1ccc(Cl)cc1. The molecule has 0 bridgehead atoms. The summed E-state index contributed by atoms with van der Waals surface area (Å²) in [5, 5.41) is 3.65. The number of hydrogen-bond acceptors (Lipinski definition) is 2. The molecule has 0 fully saturated rings. The molecule has 0 unspecified atom stereocenters. The maximum absolute atomic E-state index is 12.1. The minimum absolute atomic E-state index is 0.0801. The van der Waals surface area contributed by atoms with Gasteiger partial charge in [-0.3, -0.25) is 4.79 Å². The van der Waals surface area contributed by atoms with Gasteiger partial charge in [-0.1, -0.05) is 34.8 Å². The predicted molar refractivity (Wildman–Crippen MR) is 78.4 cm³/mol. The summed E-state index contributed by atoms with van der Waals surface area (Å²) in [6, 6.07) is 8.36. The highest BCUT2D eigenvalue weighted by Gasteiger charge is 2.15. The van der Waals surface area contributed by atoms with E-state index in [1.54, 1.807) is 37.3 Å². The Balaban J connectivity index is 2.28. The molecule has 2 rings (SSSR count). The zero-order valence-electron chi connectivity index (χ0n) is 9.88.